The molecular weight excluding hydrogens is 965 g/mol. The van der Waals surface area contributed by atoms with Gasteiger partial charge >= 0.3 is 11.9 Å². The molecule has 2 aliphatic rings. The van der Waals surface area contributed by atoms with Crippen LogP contribution in [-0.4, -0.2) is 67.9 Å². The first-order chi connectivity index (χ1) is 36.6. The predicted octanol–water partition coefficient (Wildman–Crippen LogP) is 8.64. The average molecular weight is 1020 g/mol. The van der Waals surface area contributed by atoms with Gasteiger partial charge in [-0.25, -0.2) is 14.8 Å². The summed E-state index contributed by atoms with van der Waals surface area (Å²) in [5, 5.41) is 16.3. The maximum absolute atomic E-state index is 13.9. The van der Waals surface area contributed by atoms with E-state index in [1.165, 1.54) is 0 Å². The number of anilines is 1. The van der Waals surface area contributed by atoms with Crippen LogP contribution < -0.4 is 15.6 Å². The van der Waals surface area contributed by atoms with Gasteiger partial charge in [0.05, 0.1) is 68.4 Å². The summed E-state index contributed by atoms with van der Waals surface area (Å²) in [5.74, 6) is -0.798. The number of aryl methyl sites for hydroxylation is 1. The van der Waals surface area contributed by atoms with Crippen molar-refractivity contribution in [2.45, 2.75) is 91.1 Å². The van der Waals surface area contributed by atoms with Crippen molar-refractivity contribution >= 4 is 49.5 Å². The number of thiazole rings is 1. The van der Waals surface area contributed by atoms with Crippen LogP contribution in [0.15, 0.2) is 139 Å². The van der Waals surface area contributed by atoms with Gasteiger partial charge in [-0.3, -0.25) is 39.3 Å². The molecule has 378 valence electrons. The van der Waals surface area contributed by atoms with E-state index in [0.29, 0.717) is 73.5 Å². The number of nitrogens with one attached hydrogen (secondary N) is 1. The molecule has 0 fully saturated rings. The number of hydrogen-bond acceptors (Lipinski definition) is 16. The van der Waals surface area contributed by atoms with Crippen molar-refractivity contribution in [1.29, 1.82) is 0 Å². The molecule has 0 bridgehead atoms. The second kappa shape index (κ2) is 21.4. The van der Waals surface area contributed by atoms with E-state index >= 15 is 0 Å². The summed E-state index contributed by atoms with van der Waals surface area (Å²) in [5.41, 5.74) is 8.85. The zero-order valence-corrected chi connectivity index (χ0v) is 42.4. The van der Waals surface area contributed by atoms with Gasteiger partial charge in [-0.15, -0.1) is 0 Å². The molecule has 0 radical (unpaired) electrons. The number of hydrogen-bond donors (Lipinski definition) is 2. The number of fused-ring (bicyclic) bond motifs is 6. The van der Waals surface area contributed by atoms with Gasteiger partial charge in [-0.1, -0.05) is 61.6 Å². The first-order valence-electron chi connectivity index (χ1n) is 25.2. The minimum atomic E-state index is -1.92. The Morgan fingerprint density at radius 2 is 1.35 bits per heavy atom. The molecule has 0 saturated carbocycles. The van der Waals surface area contributed by atoms with E-state index in [9.17, 15) is 19.5 Å². The van der Waals surface area contributed by atoms with Gasteiger partial charge in [0.1, 0.15) is 12.4 Å². The highest BCUT2D eigenvalue weighted by Gasteiger charge is 2.45. The predicted molar refractivity (Wildman–Crippen MR) is 285 cm³/mol. The van der Waals surface area contributed by atoms with Gasteiger partial charge < -0.3 is 24.5 Å². The van der Waals surface area contributed by atoms with Crippen molar-refractivity contribution < 1.29 is 24.2 Å². The monoisotopic (exact) mass is 1020 g/mol. The van der Waals surface area contributed by atoms with Crippen LogP contribution in [0.1, 0.15) is 82.8 Å². The van der Waals surface area contributed by atoms with Crippen molar-refractivity contribution in [2.75, 3.05) is 11.9 Å². The third kappa shape index (κ3) is 10.3. The van der Waals surface area contributed by atoms with Crippen LogP contribution in [0.5, 0.6) is 5.75 Å². The summed E-state index contributed by atoms with van der Waals surface area (Å²) >= 11 is 1.57. The van der Waals surface area contributed by atoms with Gasteiger partial charge in [0.25, 0.3) is 5.56 Å². The quantitative estimate of drug-likeness (QED) is 0.0578. The first-order valence-corrected chi connectivity index (χ1v) is 26.0. The van der Waals surface area contributed by atoms with Crippen LogP contribution in [0.2, 0.25) is 0 Å². The van der Waals surface area contributed by atoms with E-state index in [2.05, 4.69) is 47.2 Å². The third-order valence-corrected chi connectivity index (χ3v) is 15.0. The molecule has 7 aromatic heterocycles. The molecule has 9 heterocycles. The molecule has 0 spiro atoms. The van der Waals surface area contributed by atoms with Gasteiger partial charge in [-0.2, -0.15) is 0 Å². The number of rotatable bonds is 19. The molecule has 0 aliphatic carbocycles. The molecule has 1 atom stereocenters. The molecule has 75 heavy (non-hydrogen) atoms. The largest absolute Gasteiger partial charge is 0.458 e. The van der Waals surface area contributed by atoms with Crippen molar-refractivity contribution in [3.8, 4) is 17.1 Å². The highest BCUT2D eigenvalue weighted by Crippen LogP contribution is 2.41. The molecule has 0 saturated heterocycles. The maximum Gasteiger partial charge on any atom is 0.343 e. The number of aromatic nitrogens is 7. The zero-order chi connectivity index (χ0) is 51.5. The SMILES string of the molecule is CCc1c2c(nc3ccc(OC(=O)CCNc4nc5c(CN(Cc6ccccn6)Cc6ccccn6)ccc(CN(Cc6ccccn6)Cc6ccccn6)c5s4)cc13)-c1cc3c(c(=O)n1C2)COC(=O)[C@]3(O)CC. The number of cyclic esters (lactones) is 1. The Morgan fingerprint density at radius 1 is 0.747 bits per heavy atom. The molecule has 2 N–H and O–H groups in total. The van der Waals surface area contributed by atoms with E-state index < -0.39 is 17.5 Å². The topological polar surface area (TPSA) is 191 Å². The fourth-order valence-electron chi connectivity index (χ4n) is 10.2. The van der Waals surface area contributed by atoms with Gasteiger partial charge in [0.2, 0.25) is 0 Å². The summed E-state index contributed by atoms with van der Waals surface area (Å²) in [7, 11) is 0. The molecule has 9 aromatic rings. The number of pyridine rings is 6. The number of esters is 2. The Hall–Kier alpha value is -8.09. The number of benzene rings is 2. The molecule has 2 aliphatic heterocycles. The lowest BCUT2D eigenvalue weighted by molar-refractivity contribution is -0.172. The lowest BCUT2D eigenvalue weighted by atomic mass is 9.86. The Balaban J connectivity index is 0.844. The summed E-state index contributed by atoms with van der Waals surface area (Å²) in [6, 6.07) is 35.3. The lowest BCUT2D eigenvalue weighted by Crippen LogP contribution is -2.44. The zero-order valence-electron chi connectivity index (χ0n) is 41.6. The van der Waals surface area contributed by atoms with Crippen LogP contribution in [0.25, 0.3) is 32.5 Å². The third-order valence-electron chi connectivity index (χ3n) is 13.9. The van der Waals surface area contributed by atoms with E-state index in [1.54, 1.807) is 35.0 Å². The molecule has 0 amide bonds. The Morgan fingerprint density at radius 3 is 1.92 bits per heavy atom. The normalized spacial score (nSPS) is 14.8. The maximum atomic E-state index is 13.9. The number of carbonyl (C=O) groups is 2. The minimum absolute atomic E-state index is 0.0598. The second-order valence-corrected chi connectivity index (χ2v) is 19.9. The number of nitrogens with zero attached hydrogens (tertiary/aromatic N) is 9. The van der Waals surface area contributed by atoms with Crippen molar-refractivity contribution in [2.24, 2.45) is 0 Å². The van der Waals surface area contributed by atoms with E-state index in [0.717, 1.165) is 60.6 Å². The molecular formula is C58H54N10O6S. The summed E-state index contributed by atoms with van der Waals surface area (Å²) in [4.78, 5) is 73.7. The van der Waals surface area contributed by atoms with E-state index in [4.69, 9.17) is 19.4 Å². The van der Waals surface area contributed by atoms with E-state index in [-0.39, 0.29) is 49.2 Å². The second-order valence-electron chi connectivity index (χ2n) is 18.9. The smallest absolute Gasteiger partial charge is 0.343 e. The first kappa shape index (κ1) is 49.1. The summed E-state index contributed by atoms with van der Waals surface area (Å²) in [6.45, 7) is 7.73. The molecule has 2 aromatic carbocycles. The standard InChI is InChI=1S/C58H54N10O6S/c1-3-44-45-27-43(19-20-49(45)64-53-46(44)35-68-50(53)28-48-47(55(68)70)36-73-56(71)58(48,72)4-2)74-51(69)21-26-63-57-65-52-37(29-66(31-39-13-5-9-22-59-39)32-40-14-6-10-23-60-40)17-18-38(54(52)75-57)30-67(33-41-15-7-11-24-61-41)34-42-16-8-12-25-62-42/h5-20,22-25,27-28,72H,3-4,21,26,29-36H2,1-2H3,(H,63,65)/t58-/m0/s1. The fourth-order valence-corrected chi connectivity index (χ4v) is 11.2. The highest BCUT2D eigenvalue weighted by molar-refractivity contribution is 7.22. The van der Waals surface area contributed by atoms with Gasteiger partial charge in [0.15, 0.2) is 10.7 Å². The number of carbonyl (C=O) groups excluding carboxylic acids is 2. The number of aliphatic hydroxyl groups is 1. The van der Waals surface area contributed by atoms with Crippen LogP contribution in [0, 0.1) is 0 Å². The molecule has 16 nitrogen and oxygen atoms in total. The lowest BCUT2D eigenvalue weighted by Gasteiger charge is -2.31. The van der Waals surface area contributed by atoms with Crippen LogP contribution in [0.4, 0.5) is 5.13 Å². The van der Waals surface area contributed by atoms with Crippen LogP contribution in [-0.2, 0) is 78.8 Å². The Kier molecular flexibility index (Phi) is 14.0. The summed E-state index contributed by atoms with van der Waals surface area (Å²) in [6.07, 6.45) is 8.02. The Labute approximate surface area is 436 Å². The minimum Gasteiger partial charge on any atom is -0.458 e. The van der Waals surface area contributed by atoms with Gasteiger partial charge in [0, 0.05) is 87.1 Å². The Bertz CT molecular complexity index is 3410. The van der Waals surface area contributed by atoms with Crippen molar-refractivity contribution in [3.05, 3.63) is 200 Å². The number of ether oxygens (including phenoxy) is 2. The fraction of sp³-hybridized carbons (Fsp3) is 0.259. The molecule has 11 rings (SSSR count). The average Bonchev–Trinajstić information content (AvgIpc) is 4.05. The molecule has 0 unspecified atom stereocenters. The van der Waals surface area contributed by atoms with Crippen molar-refractivity contribution in [1.82, 2.24) is 44.3 Å². The summed E-state index contributed by atoms with van der Waals surface area (Å²) < 4.78 is 13.9. The van der Waals surface area contributed by atoms with E-state index in [1.807, 2.05) is 117 Å². The molecule has 17 heteroatoms. The van der Waals surface area contributed by atoms with Crippen LogP contribution >= 0.6 is 11.3 Å². The van der Waals surface area contributed by atoms with Gasteiger partial charge in [-0.05, 0) is 102 Å². The van der Waals surface area contributed by atoms with Crippen LogP contribution in [0.3, 0.4) is 0 Å². The highest BCUT2D eigenvalue weighted by atomic mass is 32.1. The van der Waals surface area contributed by atoms with Crippen molar-refractivity contribution in [3.63, 3.8) is 0 Å².